The molecule has 0 saturated heterocycles. The molecule has 0 spiro atoms. The van der Waals surface area contributed by atoms with Crippen molar-refractivity contribution in [1.82, 2.24) is 0 Å². The van der Waals surface area contributed by atoms with Crippen LogP contribution in [0.15, 0.2) is 0 Å². The first-order valence-electron chi connectivity index (χ1n) is 4.70. The van der Waals surface area contributed by atoms with E-state index in [0.717, 1.165) is 11.3 Å². The summed E-state index contributed by atoms with van der Waals surface area (Å²) in [4.78, 5) is 0. The Labute approximate surface area is 64.0 Å². The van der Waals surface area contributed by atoms with Crippen LogP contribution >= 0.6 is 0 Å². The van der Waals surface area contributed by atoms with Crippen LogP contribution in [0.2, 0.25) is 0 Å². The molecule has 0 aromatic rings. The summed E-state index contributed by atoms with van der Waals surface area (Å²) in [5, 5.41) is 0. The maximum atomic E-state index is 2.37. The zero-order valence-corrected chi connectivity index (χ0v) is 7.35. The molecule has 0 aromatic carbocycles. The maximum Gasteiger partial charge on any atom is -0.0235 e. The minimum atomic E-state index is 0.869. The van der Waals surface area contributed by atoms with Crippen molar-refractivity contribution in [2.75, 3.05) is 0 Å². The average Bonchev–Trinajstić information content (AvgIpc) is 2.66. The SMILES string of the molecule is CCC1(CC(C)C)C2CC21. The third kappa shape index (κ3) is 0.681. The van der Waals surface area contributed by atoms with E-state index < -0.39 is 0 Å². The molecule has 2 rings (SSSR count). The van der Waals surface area contributed by atoms with Gasteiger partial charge in [0.15, 0.2) is 0 Å². The first-order valence-corrected chi connectivity index (χ1v) is 4.70. The number of fused-ring (bicyclic) bond motifs is 1. The molecule has 0 nitrogen and oxygen atoms in total. The van der Waals surface area contributed by atoms with Crippen molar-refractivity contribution in [1.29, 1.82) is 0 Å². The van der Waals surface area contributed by atoms with E-state index in [2.05, 4.69) is 20.8 Å². The Bertz CT molecular complexity index is 138. The normalized spacial score (nSPS) is 49.2. The molecule has 2 fully saturated rings. The Kier molecular flexibility index (Phi) is 1.19. The predicted octanol–water partition coefficient (Wildman–Crippen LogP) is 3.08. The maximum absolute atomic E-state index is 2.37. The quantitative estimate of drug-likeness (QED) is 0.562. The van der Waals surface area contributed by atoms with Crippen molar-refractivity contribution >= 4 is 0 Å². The van der Waals surface area contributed by atoms with E-state index in [1.807, 2.05) is 0 Å². The lowest BCUT2D eigenvalue weighted by molar-refractivity contribution is 0.281. The highest BCUT2D eigenvalue weighted by Crippen LogP contribution is 2.81. The topological polar surface area (TPSA) is 0 Å². The second kappa shape index (κ2) is 1.78. The molecule has 0 bridgehead atoms. The molecule has 0 amide bonds. The number of rotatable bonds is 3. The van der Waals surface area contributed by atoms with Crippen molar-refractivity contribution in [3.63, 3.8) is 0 Å². The first-order chi connectivity index (χ1) is 4.70. The Morgan fingerprint density at radius 3 is 2.10 bits per heavy atom. The van der Waals surface area contributed by atoms with Crippen molar-refractivity contribution in [2.24, 2.45) is 23.2 Å². The van der Waals surface area contributed by atoms with Crippen LogP contribution in [-0.4, -0.2) is 0 Å². The van der Waals surface area contributed by atoms with Gasteiger partial charge in [-0.1, -0.05) is 20.8 Å². The lowest BCUT2D eigenvalue weighted by Gasteiger charge is -2.22. The van der Waals surface area contributed by atoms with Gasteiger partial charge in [0.25, 0.3) is 0 Å². The first kappa shape index (κ1) is 6.69. The van der Waals surface area contributed by atoms with Gasteiger partial charge in [0.1, 0.15) is 0 Å². The molecule has 0 aromatic heterocycles. The Balaban J connectivity index is 1.90. The highest BCUT2D eigenvalue weighted by molar-refractivity contribution is 5.22. The number of hydrogen-bond acceptors (Lipinski definition) is 0. The van der Waals surface area contributed by atoms with E-state index in [0.29, 0.717) is 0 Å². The van der Waals surface area contributed by atoms with Crippen molar-refractivity contribution < 1.29 is 0 Å². The van der Waals surface area contributed by atoms with E-state index in [9.17, 15) is 0 Å². The van der Waals surface area contributed by atoms with Crippen LogP contribution < -0.4 is 0 Å². The molecule has 2 saturated carbocycles. The molecule has 0 aliphatic heterocycles. The van der Waals surface area contributed by atoms with Gasteiger partial charge in [-0.25, -0.2) is 0 Å². The van der Waals surface area contributed by atoms with Gasteiger partial charge in [-0.15, -0.1) is 0 Å². The van der Waals surface area contributed by atoms with Crippen LogP contribution in [0.1, 0.15) is 40.0 Å². The van der Waals surface area contributed by atoms with Crippen molar-refractivity contribution in [3.8, 4) is 0 Å². The zero-order valence-electron chi connectivity index (χ0n) is 7.35. The molecule has 0 N–H and O–H groups in total. The van der Waals surface area contributed by atoms with Gasteiger partial charge < -0.3 is 0 Å². The predicted molar refractivity (Wildman–Crippen MR) is 43.8 cm³/mol. The molecule has 58 valence electrons. The van der Waals surface area contributed by atoms with Gasteiger partial charge >= 0.3 is 0 Å². The molecule has 2 unspecified atom stereocenters. The summed E-state index contributed by atoms with van der Waals surface area (Å²) in [7, 11) is 0. The molecule has 2 aliphatic carbocycles. The third-order valence-corrected chi connectivity index (χ3v) is 3.60. The van der Waals surface area contributed by atoms with Crippen LogP contribution in [0.4, 0.5) is 0 Å². The summed E-state index contributed by atoms with van der Waals surface area (Å²) in [5.74, 6) is 3.28. The molecule has 2 aliphatic rings. The van der Waals surface area contributed by atoms with Crippen molar-refractivity contribution in [2.45, 2.75) is 40.0 Å². The second-order valence-corrected chi connectivity index (χ2v) is 4.63. The van der Waals surface area contributed by atoms with Gasteiger partial charge in [0.05, 0.1) is 0 Å². The van der Waals surface area contributed by atoms with E-state index in [-0.39, 0.29) is 0 Å². The van der Waals surface area contributed by atoms with E-state index in [4.69, 9.17) is 0 Å². The Morgan fingerprint density at radius 1 is 1.40 bits per heavy atom. The largest absolute Gasteiger partial charge is 0.0648 e. The summed E-state index contributed by atoms with van der Waals surface area (Å²) in [6.07, 6.45) is 4.51. The fourth-order valence-corrected chi connectivity index (χ4v) is 2.91. The Hall–Kier alpha value is 0. The fraction of sp³-hybridized carbons (Fsp3) is 1.00. The van der Waals surface area contributed by atoms with Crippen LogP contribution in [-0.2, 0) is 0 Å². The molecule has 0 heterocycles. The minimum absolute atomic E-state index is 0.869. The zero-order chi connectivity index (χ0) is 7.35. The summed E-state index contributed by atoms with van der Waals surface area (Å²) in [5.41, 5.74) is 0.869. The molecular weight excluding hydrogens is 120 g/mol. The minimum Gasteiger partial charge on any atom is -0.0648 e. The monoisotopic (exact) mass is 138 g/mol. The van der Waals surface area contributed by atoms with E-state index in [1.54, 1.807) is 6.42 Å². The molecule has 0 radical (unpaired) electrons. The van der Waals surface area contributed by atoms with E-state index in [1.165, 1.54) is 24.7 Å². The molecule has 0 heteroatoms. The van der Waals surface area contributed by atoms with Crippen LogP contribution in [0.5, 0.6) is 0 Å². The van der Waals surface area contributed by atoms with Gasteiger partial charge in [-0.2, -0.15) is 0 Å². The lowest BCUT2D eigenvalue weighted by Crippen LogP contribution is -2.12. The van der Waals surface area contributed by atoms with Crippen LogP contribution in [0.3, 0.4) is 0 Å². The summed E-state index contributed by atoms with van der Waals surface area (Å²) in [6, 6.07) is 0. The summed E-state index contributed by atoms with van der Waals surface area (Å²) >= 11 is 0. The van der Waals surface area contributed by atoms with Crippen LogP contribution in [0, 0.1) is 23.2 Å². The standard InChI is InChI=1S/C10H18/c1-4-10(6-7(2)3)8-5-9(8)10/h7-9H,4-6H2,1-3H3. The number of hydrogen-bond donors (Lipinski definition) is 0. The smallest absolute Gasteiger partial charge is 0.0235 e. The van der Waals surface area contributed by atoms with E-state index >= 15 is 0 Å². The highest BCUT2D eigenvalue weighted by Gasteiger charge is 2.74. The highest BCUT2D eigenvalue weighted by atomic mass is 14.8. The second-order valence-electron chi connectivity index (χ2n) is 4.63. The summed E-state index contributed by atoms with van der Waals surface area (Å²) in [6.45, 7) is 7.08. The lowest BCUT2D eigenvalue weighted by atomic mass is 9.83. The van der Waals surface area contributed by atoms with Crippen molar-refractivity contribution in [3.05, 3.63) is 0 Å². The van der Waals surface area contributed by atoms with Gasteiger partial charge in [0, 0.05) is 0 Å². The summed E-state index contributed by atoms with van der Waals surface area (Å²) < 4.78 is 0. The van der Waals surface area contributed by atoms with Gasteiger partial charge in [-0.3, -0.25) is 0 Å². The molecule has 10 heavy (non-hydrogen) atoms. The van der Waals surface area contributed by atoms with Crippen LogP contribution in [0.25, 0.3) is 0 Å². The molecule has 2 atom stereocenters. The van der Waals surface area contributed by atoms with Gasteiger partial charge in [0.2, 0.25) is 0 Å². The third-order valence-electron chi connectivity index (χ3n) is 3.60. The van der Waals surface area contributed by atoms with Gasteiger partial charge in [-0.05, 0) is 42.4 Å². The fourth-order valence-electron chi connectivity index (χ4n) is 2.91. The average molecular weight is 138 g/mol. The Morgan fingerprint density at radius 2 is 2.00 bits per heavy atom. The molecular formula is C10H18.